The summed E-state index contributed by atoms with van der Waals surface area (Å²) >= 11 is 0. The second kappa shape index (κ2) is 4.01. The standard InChI is InChI=1S/C12H13N3O2/c1-14(2)12(17)13-10-8-6-4-5-7-9(8)15(3)11(10)16/h4-7H,1-3H3. The maximum Gasteiger partial charge on any atom is 0.343 e. The summed E-state index contributed by atoms with van der Waals surface area (Å²) in [7, 11) is 4.87. The lowest BCUT2D eigenvalue weighted by Crippen LogP contribution is -2.28. The van der Waals surface area contributed by atoms with Crippen molar-refractivity contribution >= 4 is 23.3 Å². The van der Waals surface area contributed by atoms with Gasteiger partial charge in [-0.1, -0.05) is 18.2 Å². The highest BCUT2D eigenvalue weighted by molar-refractivity contribution is 6.55. The number of aliphatic imine (C=N–C) groups is 1. The average molecular weight is 231 g/mol. The number of hydrogen-bond acceptors (Lipinski definition) is 2. The topological polar surface area (TPSA) is 53.0 Å². The summed E-state index contributed by atoms with van der Waals surface area (Å²) in [6, 6.07) is 6.85. The molecule has 0 unspecified atom stereocenters. The fraction of sp³-hybridized carbons (Fsp3) is 0.250. The molecule has 0 saturated heterocycles. The molecule has 0 radical (unpaired) electrons. The van der Waals surface area contributed by atoms with Crippen molar-refractivity contribution < 1.29 is 9.59 Å². The highest BCUT2D eigenvalue weighted by Crippen LogP contribution is 2.27. The summed E-state index contributed by atoms with van der Waals surface area (Å²) in [5.41, 5.74) is 1.69. The number of benzene rings is 1. The molecule has 0 N–H and O–H groups in total. The molecule has 1 aromatic rings. The van der Waals surface area contributed by atoms with Crippen molar-refractivity contribution in [1.29, 1.82) is 0 Å². The van der Waals surface area contributed by atoms with Gasteiger partial charge < -0.3 is 9.80 Å². The Kier molecular flexibility index (Phi) is 2.67. The minimum atomic E-state index is -0.432. The second-order valence-electron chi connectivity index (χ2n) is 4.02. The number of rotatable bonds is 0. The number of fused-ring (bicyclic) bond motifs is 1. The zero-order valence-corrected chi connectivity index (χ0v) is 9.97. The van der Waals surface area contributed by atoms with E-state index >= 15 is 0 Å². The van der Waals surface area contributed by atoms with E-state index in [0.717, 1.165) is 5.69 Å². The molecule has 1 heterocycles. The van der Waals surface area contributed by atoms with Crippen LogP contribution in [0.2, 0.25) is 0 Å². The predicted molar refractivity (Wildman–Crippen MR) is 65.5 cm³/mol. The maximum atomic E-state index is 11.9. The van der Waals surface area contributed by atoms with Gasteiger partial charge in [0.25, 0.3) is 5.91 Å². The third kappa shape index (κ3) is 1.80. The van der Waals surface area contributed by atoms with Gasteiger partial charge in [-0.2, -0.15) is 4.99 Å². The Morgan fingerprint density at radius 2 is 1.94 bits per heavy atom. The molecule has 0 saturated carbocycles. The van der Waals surface area contributed by atoms with E-state index in [4.69, 9.17) is 0 Å². The van der Waals surface area contributed by atoms with Gasteiger partial charge >= 0.3 is 6.03 Å². The lowest BCUT2D eigenvalue weighted by atomic mass is 10.1. The van der Waals surface area contributed by atoms with Crippen LogP contribution in [0, 0.1) is 0 Å². The summed E-state index contributed by atoms with van der Waals surface area (Å²) in [6.07, 6.45) is 0. The Bertz CT molecular complexity index is 520. The number of carbonyl (C=O) groups is 2. The molecule has 17 heavy (non-hydrogen) atoms. The lowest BCUT2D eigenvalue weighted by molar-refractivity contribution is -0.111. The van der Waals surface area contributed by atoms with Gasteiger partial charge in [-0.3, -0.25) is 4.79 Å². The van der Waals surface area contributed by atoms with E-state index < -0.39 is 6.03 Å². The fourth-order valence-corrected chi connectivity index (χ4v) is 1.65. The Hall–Kier alpha value is -2.17. The monoisotopic (exact) mass is 231 g/mol. The van der Waals surface area contributed by atoms with Crippen molar-refractivity contribution in [3.05, 3.63) is 29.8 Å². The zero-order chi connectivity index (χ0) is 12.6. The number of para-hydroxylation sites is 1. The van der Waals surface area contributed by atoms with Crippen molar-refractivity contribution in [2.24, 2.45) is 4.99 Å². The van der Waals surface area contributed by atoms with Gasteiger partial charge in [0.2, 0.25) is 0 Å². The molecule has 1 aromatic carbocycles. The van der Waals surface area contributed by atoms with Crippen molar-refractivity contribution in [2.45, 2.75) is 0 Å². The highest BCUT2D eigenvalue weighted by atomic mass is 16.2. The van der Waals surface area contributed by atoms with Crippen molar-refractivity contribution in [2.75, 3.05) is 26.0 Å². The Morgan fingerprint density at radius 1 is 1.29 bits per heavy atom. The van der Waals surface area contributed by atoms with Crippen LogP contribution in [0.1, 0.15) is 5.56 Å². The van der Waals surface area contributed by atoms with Gasteiger partial charge in [0.05, 0.1) is 5.69 Å². The number of anilines is 1. The van der Waals surface area contributed by atoms with E-state index in [1.54, 1.807) is 27.2 Å². The first-order valence-corrected chi connectivity index (χ1v) is 5.20. The number of hydrogen-bond donors (Lipinski definition) is 0. The predicted octanol–water partition coefficient (Wildman–Crippen LogP) is 1.13. The number of amides is 3. The minimum Gasteiger partial charge on any atom is -0.329 e. The maximum absolute atomic E-state index is 11.9. The second-order valence-corrected chi connectivity index (χ2v) is 4.02. The van der Waals surface area contributed by atoms with Crippen LogP contribution in [-0.4, -0.2) is 43.7 Å². The molecule has 0 spiro atoms. The Balaban J connectivity index is 2.50. The van der Waals surface area contributed by atoms with Crippen molar-refractivity contribution in [1.82, 2.24) is 4.90 Å². The lowest BCUT2D eigenvalue weighted by Gasteiger charge is -2.07. The van der Waals surface area contributed by atoms with Crippen molar-refractivity contribution in [3.8, 4) is 0 Å². The van der Waals surface area contributed by atoms with Crippen LogP contribution in [0.5, 0.6) is 0 Å². The number of likely N-dealkylation sites (N-methyl/N-ethyl adjacent to an activating group) is 1. The van der Waals surface area contributed by atoms with Crippen LogP contribution in [0.4, 0.5) is 10.5 Å². The smallest absolute Gasteiger partial charge is 0.329 e. The van der Waals surface area contributed by atoms with Gasteiger partial charge in [0, 0.05) is 26.7 Å². The van der Waals surface area contributed by atoms with E-state index in [0.29, 0.717) is 5.56 Å². The molecule has 0 bridgehead atoms. The van der Waals surface area contributed by atoms with Crippen LogP contribution in [0.25, 0.3) is 0 Å². The number of nitrogens with zero attached hydrogens (tertiary/aromatic N) is 3. The molecular weight excluding hydrogens is 218 g/mol. The SMILES string of the molecule is CN(C)C(=O)N=C1C(=O)N(C)c2ccccc21. The molecule has 88 valence electrons. The van der Waals surface area contributed by atoms with Crippen LogP contribution >= 0.6 is 0 Å². The molecule has 2 rings (SSSR count). The van der Waals surface area contributed by atoms with Crippen molar-refractivity contribution in [3.63, 3.8) is 0 Å². The third-order valence-corrected chi connectivity index (χ3v) is 2.62. The largest absolute Gasteiger partial charge is 0.343 e. The van der Waals surface area contributed by atoms with Gasteiger partial charge in [0.15, 0.2) is 0 Å². The van der Waals surface area contributed by atoms with Gasteiger partial charge in [0.1, 0.15) is 5.71 Å². The highest BCUT2D eigenvalue weighted by Gasteiger charge is 2.31. The van der Waals surface area contributed by atoms with E-state index in [2.05, 4.69) is 4.99 Å². The molecule has 1 aliphatic heterocycles. The first-order chi connectivity index (χ1) is 8.02. The summed E-state index contributed by atoms with van der Waals surface area (Å²) in [5.74, 6) is -0.249. The summed E-state index contributed by atoms with van der Waals surface area (Å²) in [4.78, 5) is 30.2. The number of carbonyl (C=O) groups excluding carboxylic acids is 2. The summed E-state index contributed by atoms with van der Waals surface area (Å²) < 4.78 is 0. The quantitative estimate of drug-likeness (QED) is 0.672. The van der Waals surface area contributed by atoms with E-state index in [1.165, 1.54) is 9.80 Å². The molecule has 3 amide bonds. The first-order valence-electron chi connectivity index (χ1n) is 5.20. The van der Waals surface area contributed by atoms with Gasteiger partial charge in [-0.05, 0) is 6.07 Å². The van der Waals surface area contributed by atoms with E-state index in [9.17, 15) is 9.59 Å². The Labute approximate surface area is 99.4 Å². The molecule has 0 aliphatic carbocycles. The fourth-order valence-electron chi connectivity index (χ4n) is 1.65. The Morgan fingerprint density at radius 3 is 2.59 bits per heavy atom. The van der Waals surface area contributed by atoms with Crippen LogP contribution < -0.4 is 4.90 Å². The van der Waals surface area contributed by atoms with Crippen LogP contribution in [0.3, 0.4) is 0 Å². The molecule has 0 aromatic heterocycles. The molecular formula is C12H13N3O2. The molecule has 5 nitrogen and oxygen atoms in total. The van der Waals surface area contributed by atoms with Crippen LogP contribution in [-0.2, 0) is 4.79 Å². The average Bonchev–Trinajstić information content (AvgIpc) is 2.55. The normalized spacial score (nSPS) is 16.3. The minimum absolute atomic E-state index is 0.210. The first kappa shape index (κ1) is 11.3. The molecule has 0 atom stereocenters. The van der Waals surface area contributed by atoms with Gasteiger partial charge in [-0.25, -0.2) is 4.79 Å². The van der Waals surface area contributed by atoms with Gasteiger partial charge in [-0.15, -0.1) is 0 Å². The number of urea groups is 1. The summed E-state index contributed by atoms with van der Waals surface area (Å²) in [5, 5.41) is 0. The molecule has 0 fully saturated rings. The van der Waals surface area contributed by atoms with Crippen LogP contribution in [0.15, 0.2) is 29.3 Å². The molecule has 1 aliphatic rings. The van der Waals surface area contributed by atoms with E-state index in [-0.39, 0.29) is 11.6 Å². The molecule has 5 heteroatoms. The zero-order valence-electron chi connectivity index (χ0n) is 9.97. The third-order valence-electron chi connectivity index (χ3n) is 2.62. The summed E-state index contributed by atoms with van der Waals surface area (Å²) in [6.45, 7) is 0. The van der Waals surface area contributed by atoms with E-state index in [1.807, 2.05) is 18.2 Å².